The predicted octanol–water partition coefficient (Wildman–Crippen LogP) is 3.77. The highest BCUT2D eigenvalue weighted by Gasteiger charge is 2.21. The van der Waals surface area contributed by atoms with Gasteiger partial charge in [-0.15, -0.1) is 11.3 Å². The lowest BCUT2D eigenvalue weighted by molar-refractivity contribution is -0.121. The molecule has 4 rings (SSSR count). The maximum Gasteiger partial charge on any atom is 0.348 e. The van der Waals surface area contributed by atoms with Gasteiger partial charge in [0.1, 0.15) is 15.5 Å². The minimum absolute atomic E-state index is 0.221. The lowest BCUT2D eigenvalue weighted by Gasteiger charge is -2.20. The predicted molar refractivity (Wildman–Crippen MR) is 132 cm³/mol. The number of furan rings is 1. The molecule has 2 amide bonds. The number of para-hydroxylation sites is 1. The quantitative estimate of drug-likeness (QED) is 0.369. The third-order valence-electron chi connectivity index (χ3n) is 4.88. The first-order valence-electron chi connectivity index (χ1n) is 10.2. The molecule has 4 aromatic rings. The number of likely N-dealkylation sites (N-methyl/N-ethyl adjacent to an activating group) is 1. The van der Waals surface area contributed by atoms with Gasteiger partial charge in [0, 0.05) is 21.1 Å². The lowest BCUT2D eigenvalue weighted by Crippen LogP contribution is -2.33. The smallest absolute Gasteiger partial charge is 0.348 e. The molecule has 0 atom stereocenters. The van der Waals surface area contributed by atoms with Gasteiger partial charge in [-0.25, -0.2) is 9.78 Å². The molecule has 0 saturated heterocycles. The van der Waals surface area contributed by atoms with Crippen molar-refractivity contribution in [2.75, 3.05) is 37.5 Å². The van der Waals surface area contributed by atoms with Crippen LogP contribution in [0.1, 0.15) is 25.8 Å². The molecule has 9 nitrogen and oxygen atoms in total. The number of aromatic nitrogens is 1. The number of amides is 2. The molecule has 0 spiro atoms. The third-order valence-corrected chi connectivity index (χ3v) is 7.18. The van der Waals surface area contributed by atoms with Gasteiger partial charge in [0.15, 0.2) is 11.7 Å². The van der Waals surface area contributed by atoms with Crippen LogP contribution in [0.2, 0.25) is 0 Å². The number of esters is 1. The molecule has 3 heterocycles. The zero-order valence-corrected chi connectivity index (χ0v) is 20.4. The van der Waals surface area contributed by atoms with Gasteiger partial charge in [0.05, 0.1) is 28.8 Å². The molecule has 0 saturated carbocycles. The van der Waals surface area contributed by atoms with Crippen LogP contribution in [0.25, 0.3) is 9.53 Å². The Kier molecular flexibility index (Phi) is 6.94. The van der Waals surface area contributed by atoms with Gasteiger partial charge in [-0.05, 0) is 30.3 Å². The highest BCUT2D eigenvalue weighted by atomic mass is 32.1. The number of anilines is 2. The number of nitrogens with one attached hydrogen (secondary N) is 1. The van der Waals surface area contributed by atoms with Crippen LogP contribution in [-0.4, -0.2) is 50.5 Å². The van der Waals surface area contributed by atoms with Gasteiger partial charge < -0.3 is 24.3 Å². The Balaban J connectivity index is 1.38. The summed E-state index contributed by atoms with van der Waals surface area (Å²) in [4.78, 5) is 46.7. The number of fused-ring (bicyclic) bond motifs is 1. The number of rotatable bonds is 8. The first kappa shape index (κ1) is 23.5. The van der Waals surface area contributed by atoms with Crippen LogP contribution in [0.4, 0.5) is 10.8 Å². The van der Waals surface area contributed by atoms with Crippen LogP contribution in [0.3, 0.4) is 0 Å². The molecule has 1 N–H and O–H groups in total. The van der Waals surface area contributed by atoms with E-state index in [1.807, 2.05) is 19.0 Å². The van der Waals surface area contributed by atoms with Crippen LogP contribution in [0, 0.1) is 0 Å². The Hall–Kier alpha value is -3.70. The molecule has 3 aromatic heterocycles. The number of hydrogen-bond acceptors (Lipinski definition) is 9. The number of nitrogens with zero attached hydrogens (tertiary/aromatic N) is 3. The number of hydrogen-bond donors (Lipinski definition) is 1. The van der Waals surface area contributed by atoms with E-state index in [4.69, 9.17) is 9.15 Å². The van der Waals surface area contributed by atoms with E-state index in [1.54, 1.807) is 42.5 Å². The number of ether oxygens (including phenoxy) is 1. The van der Waals surface area contributed by atoms with Crippen molar-refractivity contribution in [3.05, 3.63) is 64.9 Å². The van der Waals surface area contributed by atoms with Crippen molar-refractivity contribution in [3.8, 4) is 0 Å². The maximum atomic E-state index is 12.7. The SMILES string of the molecule is CN(C)c1nc2sc(C(=O)OCC(=O)N(C)c3ccccc3C(=O)NCc3ccco3)cc2s1. The molecular formula is C23H22N4O5S2. The summed E-state index contributed by atoms with van der Waals surface area (Å²) in [5.41, 5.74) is 0.718. The molecule has 0 radical (unpaired) electrons. The summed E-state index contributed by atoms with van der Waals surface area (Å²) in [6.07, 6.45) is 1.53. The molecule has 0 aliphatic carbocycles. The number of thiazole rings is 1. The van der Waals surface area contributed by atoms with Crippen molar-refractivity contribution in [1.29, 1.82) is 0 Å². The van der Waals surface area contributed by atoms with E-state index in [9.17, 15) is 14.4 Å². The van der Waals surface area contributed by atoms with Crippen molar-refractivity contribution in [1.82, 2.24) is 10.3 Å². The molecule has 0 aliphatic heterocycles. The Labute approximate surface area is 203 Å². The molecule has 0 aliphatic rings. The van der Waals surface area contributed by atoms with Crippen LogP contribution in [0.5, 0.6) is 0 Å². The molecule has 176 valence electrons. The topological polar surface area (TPSA) is 105 Å². The highest BCUT2D eigenvalue weighted by molar-refractivity contribution is 7.29. The van der Waals surface area contributed by atoms with Crippen molar-refractivity contribution < 1.29 is 23.5 Å². The van der Waals surface area contributed by atoms with Crippen molar-refractivity contribution in [3.63, 3.8) is 0 Å². The van der Waals surface area contributed by atoms with Gasteiger partial charge in [0.25, 0.3) is 11.8 Å². The zero-order valence-electron chi connectivity index (χ0n) is 18.7. The second kappa shape index (κ2) is 10.1. The molecule has 0 bridgehead atoms. The first-order valence-corrected chi connectivity index (χ1v) is 11.9. The molecule has 0 unspecified atom stereocenters. The minimum atomic E-state index is -0.590. The van der Waals surface area contributed by atoms with E-state index in [1.165, 1.54) is 40.9 Å². The van der Waals surface area contributed by atoms with E-state index < -0.39 is 18.5 Å². The van der Waals surface area contributed by atoms with Gasteiger partial charge in [0.2, 0.25) is 0 Å². The van der Waals surface area contributed by atoms with Crippen molar-refractivity contribution >= 4 is 60.8 Å². The van der Waals surface area contributed by atoms with E-state index in [0.29, 0.717) is 21.9 Å². The molecule has 11 heteroatoms. The van der Waals surface area contributed by atoms with Gasteiger partial charge in [-0.1, -0.05) is 23.5 Å². The zero-order chi connectivity index (χ0) is 24.2. The summed E-state index contributed by atoms with van der Waals surface area (Å²) in [5.74, 6) is -0.797. The summed E-state index contributed by atoms with van der Waals surface area (Å²) in [6, 6.07) is 11.9. The maximum absolute atomic E-state index is 12.7. The van der Waals surface area contributed by atoms with E-state index >= 15 is 0 Å². The average molecular weight is 499 g/mol. The van der Waals surface area contributed by atoms with Crippen LogP contribution >= 0.6 is 22.7 Å². The summed E-state index contributed by atoms with van der Waals surface area (Å²) in [5, 5.41) is 3.62. The highest BCUT2D eigenvalue weighted by Crippen LogP contribution is 2.34. The summed E-state index contributed by atoms with van der Waals surface area (Å²) < 4.78 is 11.4. The average Bonchev–Trinajstić information content (AvgIpc) is 3.57. The Morgan fingerprint density at radius 2 is 1.88 bits per heavy atom. The van der Waals surface area contributed by atoms with Crippen LogP contribution in [0.15, 0.2) is 53.1 Å². The summed E-state index contributed by atoms with van der Waals surface area (Å²) in [7, 11) is 5.34. The number of benzene rings is 1. The fraction of sp³-hybridized carbons (Fsp3) is 0.217. The third kappa shape index (κ3) is 5.10. The largest absolute Gasteiger partial charge is 0.467 e. The van der Waals surface area contributed by atoms with Crippen molar-refractivity contribution in [2.24, 2.45) is 0 Å². The normalized spacial score (nSPS) is 10.8. The Morgan fingerprint density at radius 3 is 2.59 bits per heavy atom. The Bertz CT molecular complexity index is 1290. The standard InChI is InChI=1S/C23H22N4O5S2/c1-26(2)23-25-21-17(34-23)11-18(33-21)22(30)32-13-19(28)27(3)16-9-5-4-8-15(16)20(29)24-12-14-7-6-10-31-14/h4-11H,12-13H2,1-3H3,(H,24,29). The first-order chi connectivity index (χ1) is 16.3. The van der Waals surface area contributed by atoms with E-state index in [-0.39, 0.29) is 12.5 Å². The fourth-order valence-corrected chi connectivity index (χ4v) is 5.11. The molecule has 0 fully saturated rings. The summed E-state index contributed by atoms with van der Waals surface area (Å²) in [6.45, 7) is -0.238. The monoisotopic (exact) mass is 498 g/mol. The molecular weight excluding hydrogens is 476 g/mol. The lowest BCUT2D eigenvalue weighted by atomic mass is 10.1. The second-order valence-electron chi connectivity index (χ2n) is 7.48. The Morgan fingerprint density at radius 1 is 1.09 bits per heavy atom. The second-order valence-corrected chi connectivity index (χ2v) is 9.52. The number of carbonyl (C=O) groups is 3. The van der Waals surface area contributed by atoms with Crippen LogP contribution < -0.4 is 15.1 Å². The molecule has 34 heavy (non-hydrogen) atoms. The number of thiophene rings is 1. The van der Waals surface area contributed by atoms with Gasteiger partial charge in [-0.2, -0.15) is 0 Å². The van der Waals surface area contributed by atoms with E-state index in [0.717, 1.165) is 14.7 Å². The van der Waals surface area contributed by atoms with Crippen molar-refractivity contribution in [2.45, 2.75) is 6.54 Å². The number of carbonyl (C=O) groups excluding carboxylic acids is 3. The fourth-order valence-electron chi connectivity index (χ4n) is 3.08. The molecule has 1 aromatic carbocycles. The minimum Gasteiger partial charge on any atom is -0.467 e. The van der Waals surface area contributed by atoms with E-state index in [2.05, 4.69) is 10.3 Å². The van der Waals surface area contributed by atoms with Gasteiger partial charge in [-0.3, -0.25) is 9.59 Å². The van der Waals surface area contributed by atoms with Crippen LogP contribution in [-0.2, 0) is 16.1 Å². The summed E-state index contributed by atoms with van der Waals surface area (Å²) >= 11 is 2.70. The van der Waals surface area contributed by atoms with Gasteiger partial charge >= 0.3 is 5.97 Å².